The molecule has 146 valence electrons. The maximum absolute atomic E-state index is 12.4. The summed E-state index contributed by atoms with van der Waals surface area (Å²) in [6, 6.07) is 15.1. The SMILES string of the molecule is COc1ccc(-c2nc(S[C@@H](C)C(=O)NCc3ccccc3OC)n[nH]2)cc1. The number of aromatic amines is 1. The highest BCUT2D eigenvalue weighted by molar-refractivity contribution is 8.00. The molecule has 28 heavy (non-hydrogen) atoms. The van der Waals surface area contributed by atoms with Gasteiger partial charge in [0.15, 0.2) is 5.82 Å². The maximum Gasteiger partial charge on any atom is 0.233 e. The summed E-state index contributed by atoms with van der Waals surface area (Å²) in [5, 5.41) is 10.2. The molecule has 0 radical (unpaired) electrons. The van der Waals surface area contributed by atoms with Gasteiger partial charge >= 0.3 is 0 Å². The van der Waals surface area contributed by atoms with Gasteiger partial charge in [0.25, 0.3) is 0 Å². The largest absolute Gasteiger partial charge is 0.497 e. The second-order valence-electron chi connectivity index (χ2n) is 5.98. The minimum atomic E-state index is -0.339. The summed E-state index contributed by atoms with van der Waals surface area (Å²) in [5.74, 6) is 2.08. The summed E-state index contributed by atoms with van der Waals surface area (Å²) in [6.07, 6.45) is 0. The van der Waals surface area contributed by atoms with Crippen LogP contribution < -0.4 is 14.8 Å². The van der Waals surface area contributed by atoms with Crippen LogP contribution in [0.5, 0.6) is 11.5 Å². The molecule has 0 bridgehead atoms. The highest BCUT2D eigenvalue weighted by Gasteiger charge is 2.17. The molecule has 0 aliphatic heterocycles. The number of ether oxygens (including phenoxy) is 2. The number of carbonyl (C=O) groups excluding carboxylic acids is 1. The first-order valence-corrected chi connectivity index (χ1v) is 9.61. The number of aromatic nitrogens is 3. The molecule has 3 rings (SSSR count). The summed E-state index contributed by atoms with van der Waals surface area (Å²) in [4.78, 5) is 16.9. The van der Waals surface area contributed by atoms with Crippen molar-refractivity contribution in [3.05, 3.63) is 54.1 Å². The fourth-order valence-electron chi connectivity index (χ4n) is 2.56. The average Bonchev–Trinajstić information content (AvgIpc) is 3.20. The first-order valence-electron chi connectivity index (χ1n) is 8.73. The summed E-state index contributed by atoms with van der Waals surface area (Å²) >= 11 is 1.30. The standard InChI is InChI=1S/C20H22N4O3S/c1-13(19(25)21-12-15-6-4-5-7-17(15)27-3)28-20-22-18(23-24-20)14-8-10-16(26-2)11-9-14/h4-11,13H,12H2,1-3H3,(H,21,25)(H,22,23,24)/t13-/m0/s1. The minimum absolute atomic E-state index is 0.0910. The number of amides is 1. The third-order valence-electron chi connectivity index (χ3n) is 4.13. The molecule has 0 fully saturated rings. The lowest BCUT2D eigenvalue weighted by Crippen LogP contribution is -2.30. The van der Waals surface area contributed by atoms with Gasteiger partial charge in [0.05, 0.1) is 19.5 Å². The first kappa shape index (κ1) is 19.8. The molecular formula is C20H22N4O3S. The van der Waals surface area contributed by atoms with Gasteiger partial charge in [-0.1, -0.05) is 30.0 Å². The molecule has 0 spiro atoms. The van der Waals surface area contributed by atoms with Crippen molar-refractivity contribution in [3.63, 3.8) is 0 Å². The number of hydrogen-bond acceptors (Lipinski definition) is 6. The molecule has 1 atom stereocenters. The van der Waals surface area contributed by atoms with E-state index in [-0.39, 0.29) is 11.2 Å². The summed E-state index contributed by atoms with van der Waals surface area (Å²) in [5.41, 5.74) is 1.82. The monoisotopic (exact) mass is 398 g/mol. The molecule has 0 saturated heterocycles. The molecule has 1 aromatic heterocycles. The zero-order valence-electron chi connectivity index (χ0n) is 15.9. The molecule has 3 aromatic rings. The number of nitrogens with zero attached hydrogens (tertiary/aromatic N) is 2. The van der Waals surface area contributed by atoms with Crippen LogP contribution in [0.15, 0.2) is 53.7 Å². The van der Waals surface area contributed by atoms with E-state index in [2.05, 4.69) is 20.5 Å². The van der Waals surface area contributed by atoms with E-state index in [1.54, 1.807) is 14.2 Å². The van der Waals surface area contributed by atoms with Gasteiger partial charge in [-0.25, -0.2) is 4.98 Å². The summed E-state index contributed by atoms with van der Waals surface area (Å²) < 4.78 is 10.5. The lowest BCUT2D eigenvalue weighted by molar-refractivity contribution is -0.120. The Morgan fingerprint density at radius 1 is 1.14 bits per heavy atom. The fourth-order valence-corrected chi connectivity index (χ4v) is 3.31. The van der Waals surface area contributed by atoms with Crippen molar-refractivity contribution in [2.24, 2.45) is 0 Å². The molecule has 0 aliphatic rings. The zero-order valence-corrected chi connectivity index (χ0v) is 16.7. The number of rotatable bonds is 8. The third kappa shape index (κ3) is 4.83. The molecule has 1 heterocycles. The second kappa shape index (κ2) is 9.27. The van der Waals surface area contributed by atoms with Crippen LogP contribution in [0.4, 0.5) is 0 Å². The van der Waals surface area contributed by atoms with Crippen LogP contribution in [0.2, 0.25) is 0 Å². The van der Waals surface area contributed by atoms with Gasteiger partial charge in [0.2, 0.25) is 11.1 Å². The van der Waals surface area contributed by atoms with Crippen LogP contribution in [0, 0.1) is 0 Å². The number of para-hydroxylation sites is 1. The van der Waals surface area contributed by atoms with Gasteiger partial charge in [0, 0.05) is 17.7 Å². The van der Waals surface area contributed by atoms with E-state index in [1.807, 2.05) is 55.5 Å². The number of thioether (sulfide) groups is 1. The van der Waals surface area contributed by atoms with Crippen LogP contribution in [-0.2, 0) is 11.3 Å². The lowest BCUT2D eigenvalue weighted by atomic mass is 10.2. The van der Waals surface area contributed by atoms with Crippen LogP contribution in [-0.4, -0.2) is 40.6 Å². The fraction of sp³-hybridized carbons (Fsp3) is 0.250. The minimum Gasteiger partial charge on any atom is -0.497 e. The van der Waals surface area contributed by atoms with Gasteiger partial charge in [-0.2, -0.15) is 0 Å². The zero-order chi connectivity index (χ0) is 19.9. The quantitative estimate of drug-likeness (QED) is 0.566. The average molecular weight is 398 g/mol. The van der Waals surface area contributed by atoms with Crippen molar-refractivity contribution in [1.29, 1.82) is 0 Å². The molecule has 2 N–H and O–H groups in total. The molecule has 0 aliphatic carbocycles. The number of methoxy groups -OCH3 is 2. The Hall–Kier alpha value is -3.00. The Bertz CT molecular complexity index is 927. The van der Waals surface area contributed by atoms with Gasteiger partial charge in [-0.15, -0.1) is 5.10 Å². The molecule has 8 heteroatoms. The number of H-pyrrole nitrogens is 1. The smallest absolute Gasteiger partial charge is 0.233 e. The van der Waals surface area contributed by atoms with Crippen molar-refractivity contribution in [1.82, 2.24) is 20.5 Å². The van der Waals surface area contributed by atoms with E-state index in [4.69, 9.17) is 9.47 Å². The number of carbonyl (C=O) groups is 1. The first-order chi connectivity index (χ1) is 13.6. The van der Waals surface area contributed by atoms with Crippen molar-refractivity contribution >= 4 is 17.7 Å². The highest BCUT2D eigenvalue weighted by Crippen LogP contribution is 2.24. The predicted molar refractivity (Wildman–Crippen MR) is 109 cm³/mol. The summed E-state index contributed by atoms with van der Waals surface area (Å²) in [7, 11) is 3.24. The van der Waals surface area contributed by atoms with E-state index in [1.165, 1.54) is 11.8 Å². The topological polar surface area (TPSA) is 89.1 Å². The van der Waals surface area contributed by atoms with Crippen molar-refractivity contribution in [3.8, 4) is 22.9 Å². The Balaban J connectivity index is 1.57. The van der Waals surface area contributed by atoms with E-state index in [0.29, 0.717) is 17.5 Å². The number of nitrogens with one attached hydrogen (secondary N) is 2. The Labute approximate surface area is 167 Å². The third-order valence-corrected chi connectivity index (χ3v) is 5.09. The van der Waals surface area contributed by atoms with E-state index >= 15 is 0 Å². The molecule has 1 amide bonds. The lowest BCUT2D eigenvalue weighted by Gasteiger charge is -2.12. The van der Waals surface area contributed by atoms with Gasteiger partial charge < -0.3 is 14.8 Å². The van der Waals surface area contributed by atoms with E-state index < -0.39 is 0 Å². The van der Waals surface area contributed by atoms with E-state index in [0.717, 1.165) is 22.6 Å². The number of hydrogen-bond donors (Lipinski definition) is 2. The second-order valence-corrected chi connectivity index (χ2v) is 7.29. The molecule has 0 unspecified atom stereocenters. The predicted octanol–water partition coefficient (Wildman–Crippen LogP) is 3.29. The molecule has 0 saturated carbocycles. The van der Waals surface area contributed by atoms with Crippen molar-refractivity contribution < 1.29 is 14.3 Å². The van der Waals surface area contributed by atoms with Gasteiger partial charge in [-0.05, 0) is 37.3 Å². The molecular weight excluding hydrogens is 376 g/mol. The van der Waals surface area contributed by atoms with Crippen LogP contribution >= 0.6 is 11.8 Å². The van der Waals surface area contributed by atoms with Crippen molar-refractivity contribution in [2.75, 3.05) is 14.2 Å². The molecule has 7 nitrogen and oxygen atoms in total. The van der Waals surface area contributed by atoms with Gasteiger partial charge in [-0.3, -0.25) is 9.89 Å². The Morgan fingerprint density at radius 3 is 2.61 bits per heavy atom. The highest BCUT2D eigenvalue weighted by atomic mass is 32.2. The Kier molecular flexibility index (Phi) is 6.54. The van der Waals surface area contributed by atoms with Gasteiger partial charge in [0.1, 0.15) is 11.5 Å². The van der Waals surface area contributed by atoms with Crippen LogP contribution in [0.3, 0.4) is 0 Å². The van der Waals surface area contributed by atoms with Crippen LogP contribution in [0.25, 0.3) is 11.4 Å². The van der Waals surface area contributed by atoms with Crippen LogP contribution in [0.1, 0.15) is 12.5 Å². The summed E-state index contributed by atoms with van der Waals surface area (Å²) in [6.45, 7) is 2.23. The number of benzene rings is 2. The Morgan fingerprint density at radius 2 is 1.89 bits per heavy atom. The van der Waals surface area contributed by atoms with Crippen molar-refractivity contribution in [2.45, 2.75) is 23.9 Å². The molecule has 2 aromatic carbocycles. The maximum atomic E-state index is 12.4. The van der Waals surface area contributed by atoms with E-state index in [9.17, 15) is 4.79 Å². The normalized spacial score (nSPS) is 11.7.